The SMILES string of the molecule is C[C@@H](C(=O)N[C@H]1C[C@@H](C#Cc2cnc(Nc3cccc(F)c3)nc2NC2CC2)C1)N(C)C(=O)/C=C/CN(C)C. The number of nitrogens with one attached hydrogen (secondary N) is 3. The predicted octanol–water partition coefficient (Wildman–Crippen LogP) is 3.14. The number of hydrogen-bond acceptors (Lipinski definition) is 7. The number of hydrogen-bond donors (Lipinski definition) is 3. The number of benzene rings is 1. The third kappa shape index (κ3) is 8.26. The molecule has 0 aliphatic heterocycles. The Morgan fingerprint density at radius 2 is 1.97 bits per heavy atom. The Balaban J connectivity index is 1.30. The molecule has 2 amide bonds. The van der Waals surface area contributed by atoms with Gasteiger partial charge in [-0.15, -0.1) is 0 Å². The lowest BCUT2D eigenvalue weighted by Gasteiger charge is -2.34. The van der Waals surface area contributed by atoms with E-state index < -0.39 is 6.04 Å². The van der Waals surface area contributed by atoms with Crippen molar-refractivity contribution in [3.05, 3.63) is 54.0 Å². The minimum absolute atomic E-state index is 0.0326. The van der Waals surface area contributed by atoms with Gasteiger partial charge in [0.05, 0.1) is 11.8 Å². The molecular weight excluding hydrogens is 497 g/mol. The average molecular weight is 534 g/mol. The molecule has 2 aliphatic carbocycles. The van der Waals surface area contributed by atoms with Crippen LogP contribution in [0.15, 0.2) is 42.6 Å². The van der Waals surface area contributed by atoms with E-state index in [1.807, 2.05) is 19.0 Å². The summed E-state index contributed by atoms with van der Waals surface area (Å²) in [6.07, 6.45) is 8.61. The summed E-state index contributed by atoms with van der Waals surface area (Å²) < 4.78 is 13.5. The van der Waals surface area contributed by atoms with Gasteiger partial charge in [0, 0.05) is 43.4 Å². The minimum atomic E-state index is -0.570. The summed E-state index contributed by atoms with van der Waals surface area (Å²) >= 11 is 0. The van der Waals surface area contributed by atoms with Crippen LogP contribution in [0.3, 0.4) is 0 Å². The number of carbonyl (C=O) groups is 2. The first-order valence-corrected chi connectivity index (χ1v) is 13.2. The van der Waals surface area contributed by atoms with E-state index >= 15 is 0 Å². The predicted molar refractivity (Wildman–Crippen MR) is 150 cm³/mol. The molecule has 0 unspecified atom stereocenters. The molecule has 4 rings (SSSR count). The quantitative estimate of drug-likeness (QED) is 0.319. The topological polar surface area (TPSA) is 102 Å². The Hall–Kier alpha value is -3.97. The van der Waals surface area contributed by atoms with Gasteiger partial charge in [-0.2, -0.15) is 4.98 Å². The summed E-state index contributed by atoms with van der Waals surface area (Å²) in [7, 11) is 5.48. The maximum absolute atomic E-state index is 13.5. The van der Waals surface area contributed by atoms with Gasteiger partial charge in [-0.05, 0) is 64.9 Å². The Morgan fingerprint density at radius 1 is 1.21 bits per heavy atom. The van der Waals surface area contributed by atoms with E-state index in [1.54, 1.807) is 38.4 Å². The molecule has 0 radical (unpaired) electrons. The highest BCUT2D eigenvalue weighted by Gasteiger charge is 2.31. The molecule has 206 valence electrons. The molecule has 39 heavy (non-hydrogen) atoms. The van der Waals surface area contributed by atoms with Gasteiger partial charge in [-0.3, -0.25) is 9.59 Å². The number of amides is 2. The first-order chi connectivity index (χ1) is 18.7. The summed E-state index contributed by atoms with van der Waals surface area (Å²) in [4.78, 5) is 37.3. The van der Waals surface area contributed by atoms with Crippen molar-refractivity contribution in [3.63, 3.8) is 0 Å². The molecule has 1 atom stereocenters. The lowest BCUT2D eigenvalue weighted by Crippen LogP contribution is -2.51. The number of likely N-dealkylation sites (N-methyl/N-ethyl adjacent to an activating group) is 2. The second-order valence-corrected chi connectivity index (χ2v) is 10.4. The molecule has 0 spiro atoms. The van der Waals surface area contributed by atoms with Crippen molar-refractivity contribution in [1.29, 1.82) is 0 Å². The molecule has 3 N–H and O–H groups in total. The van der Waals surface area contributed by atoms with Crippen LogP contribution in [0.5, 0.6) is 0 Å². The van der Waals surface area contributed by atoms with E-state index in [0.717, 1.165) is 25.7 Å². The molecule has 2 aromatic rings. The zero-order valence-electron chi connectivity index (χ0n) is 22.9. The van der Waals surface area contributed by atoms with Gasteiger partial charge in [0.15, 0.2) is 0 Å². The highest BCUT2D eigenvalue weighted by atomic mass is 19.1. The van der Waals surface area contributed by atoms with E-state index in [0.29, 0.717) is 35.6 Å². The first kappa shape index (κ1) is 28.0. The highest BCUT2D eigenvalue weighted by Crippen LogP contribution is 2.29. The summed E-state index contributed by atoms with van der Waals surface area (Å²) in [5.41, 5.74) is 1.27. The van der Waals surface area contributed by atoms with Crippen LogP contribution in [0, 0.1) is 23.6 Å². The van der Waals surface area contributed by atoms with Crippen LogP contribution >= 0.6 is 0 Å². The number of halogens is 1. The van der Waals surface area contributed by atoms with E-state index in [4.69, 9.17) is 0 Å². The Bertz CT molecular complexity index is 1280. The largest absolute Gasteiger partial charge is 0.366 e. The monoisotopic (exact) mass is 533 g/mol. The van der Waals surface area contributed by atoms with Crippen molar-refractivity contribution in [1.82, 2.24) is 25.1 Å². The van der Waals surface area contributed by atoms with Crippen LogP contribution in [0.2, 0.25) is 0 Å². The van der Waals surface area contributed by atoms with E-state index in [2.05, 4.69) is 37.8 Å². The van der Waals surface area contributed by atoms with Crippen LogP contribution in [-0.4, -0.2) is 77.4 Å². The maximum Gasteiger partial charge on any atom is 0.246 e. The molecular formula is C29H36FN7O2. The van der Waals surface area contributed by atoms with Crippen molar-refractivity contribution in [2.24, 2.45) is 5.92 Å². The van der Waals surface area contributed by atoms with Gasteiger partial charge in [0.2, 0.25) is 17.8 Å². The molecule has 0 saturated heterocycles. The van der Waals surface area contributed by atoms with Gasteiger partial charge in [0.25, 0.3) is 0 Å². The highest BCUT2D eigenvalue weighted by molar-refractivity contribution is 5.92. The lowest BCUT2D eigenvalue weighted by molar-refractivity contribution is -0.135. The van der Waals surface area contributed by atoms with Crippen LogP contribution in [0.4, 0.5) is 21.8 Å². The Labute approximate surface area is 229 Å². The molecule has 0 bridgehead atoms. The van der Waals surface area contributed by atoms with E-state index in [9.17, 15) is 14.0 Å². The average Bonchev–Trinajstić information content (AvgIpc) is 3.69. The fourth-order valence-corrected chi connectivity index (χ4v) is 3.96. The minimum Gasteiger partial charge on any atom is -0.366 e. The molecule has 10 heteroatoms. The van der Waals surface area contributed by atoms with Crippen molar-refractivity contribution in [2.75, 3.05) is 38.3 Å². The van der Waals surface area contributed by atoms with Gasteiger partial charge in [-0.1, -0.05) is 24.0 Å². The van der Waals surface area contributed by atoms with Gasteiger partial charge < -0.3 is 25.8 Å². The van der Waals surface area contributed by atoms with Crippen molar-refractivity contribution >= 4 is 29.3 Å². The molecule has 2 saturated carbocycles. The molecule has 1 aromatic carbocycles. The summed E-state index contributed by atoms with van der Waals surface area (Å²) in [5.74, 6) is 6.95. The van der Waals surface area contributed by atoms with Crippen molar-refractivity contribution in [3.8, 4) is 11.8 Å². The van der Waals surface area contributed by atoms with Gasteiger partial charge in [0.1, 0.15) is 17.7 Å². The number of rotatable bonds is 10. The van der Waals surface area contributed by atoms with Crippen LogP contribution in [0.25, 0.3) is 0 Å². The molecule has 2 aliphatic rings. The van der Waals surface area contributed by atoms with Gasteiger partial charge >= 0.3 is 0 Å². The zero-order valence-corrected chi connectivity index (χ0v) is 22.9. The number of anilines is 3. The molecule has 1 heterocycles. The smallest absolute Gasteiger partial charge is 0.246 e. The summed E-state index contributed by atoms with van der Waals surface area (Å²) in [6, 6.07) is 5.98. The second kappa shape index (κ2) is 12.7. The zero-order chi connectivity index (χ0) is 27.9. The Kier molecular flexibility index (Phi) is 9.15. The summed E-state index contributed by atoms with van der Waals surface area (Å²) in [6.45, 7) is 2.38. The van der Waals surface area contributed by atoms with Gasteiger partial charge in [-0.25, -0.2) is 9.37 Å². The van der Waals surface area contributed by atoms with E-state index in [1.165, 1.54) is 23.1 Å². The van der Waals surface area contributed by atoms with E-state index in [-0.39, 0.29) is 29.6 Å². The van der Waals surface area contributed by atoms with Crippen molar-refractivity contribution < 1.29 is 14.0 Å². The maximum atomic E-state index is 13.5. The third-order valence-corrected chi connectivity index (χ3v) is 6.72. The lowest BCUT2D eigenvalue weighted by atomic mass is 9.80. The Morgan fingerprint density at radius 3 is 2.67 bits per heavy atom. The number of carbonyl (C=O) groups excluding carboxylic acids is 2. The normalized spacial score (nSPS) is 19.0. The number of aromatic nitrogens is 2. The second-order valence-electron chi connectivity index (χ2n) is 10.4. The number of nitrogens with zero attached hydrogens (tertiary/aromatic N) is 4. The summed E-state index contributed by atoms with van der Waals surface area (Å²) in [5, 5.41) is 9.47. The van der Waals surface area contributed by atoms with Crippen LogP contribution in [0.1, 0.15) is 38.2 Å². The molecule has 9 nitrogen and oxygen atoms in total. The molecule has 1 aromatic heterocycles. The molecule has 2 fully saturated rings. The van der Waals surface area contributed by atoms with Crippen LogP contribution in [-0.2, 0) is 9.59 Å². The fraction of sp³-hybridized carbons (Fsp3) is 0.448. The first-order valence-electron chi connectivity index (χ1n) is 13.2. The standard InChI is InChI=1S/C29H36FN7O2/c1-19(37(4)26(38)9-6-14-36(2)3)28(39)33-25-15-20(16-25)10-11-21-18-31-29(35-27(21)32-23-12-13-23)34-24-8-5-7-22(30)17-24/h5-9,17-20,23,25H,12-16H2,1-4H3,(H,33,39)(H2,31,32,34,35)/b9-6+/t19-,20-,25+/m0/s1. The fourth-order valence-electron chi connectivity index (χ4n) is 3.96. The third-order valence-electron chi connectivity index (χ3n) is 6.72. The van der Waals surface area contributed by atoms with Crippen LogP contribution < -0.4 is 16.0 Å². The van der Waals surface area contributed by atoms with Crippen molar-refractivity contribution in [2.45, 2.75) is 50.7 Å².